The standard InChI is InChI=1S/C6H8N4O2S/c1-7-5(11)3-8-6(12)4-2-9-13-10-4/h2H,3H2,1H3,(H,7,11)(H,8,12). The number of carbonyl (C=O) groups is 2. The monoisotopic (exact) mass is 200 g/mol. The molecule has 0 radical (unpaired) electrons. The number of nitrogens with one attached hydrogen (secondary N) is 2. The van der Waals surface area contributed by atoms with Gasteiger partial charge in [-0.25, -0.2) is 0 Å². The average molecular weight is 200 g/mol. The maximum atomic E-state index is 11.1. The van der Waals surface area contributed by atoms with Crippen molar-refractivity contribution in [3.8, 4) is 0 Å². The maximum Gasteiger partial charge on any atom is 0.273 e. The minimum atomic E-state index is -0.391. The molecule has 0 aliphatic rings. The van der Waals surface area contributed by atoms with E-state index in [0.717, 1.165) is 11.7 Å². The third-order valence-corrected chi connectivity index (χ3v) is 1.76. The molecule has 0 atom stereocenters. The van der Waals surface area contributed by atoms with Crippen LogP contribution in [0.15, 0.2) is 6.20 Å². The van der Waals surface area contributed by atoms with E-state index >= 15 is 0 Å². The Kier molecular flexibility index (Phi) is 3.32. The molecule has 6 nitrogen and oxygen atoms in total. The van der Waals surface area contributed by atoms with Crippen molar-refractivity contribution in [1.82, 2.24) is 19.4 Å². The summed E-state index contributed by atoms with van der Waals surface area (Å²) in [6, 6.07) is 0. The van der Waals surface area contributed by atoms with Crippen molar-refractivity contribution in [1.29, 1.82) is 0 Å². The summed E-state index contributed by atoms with van der Waals surface area (Å²) in [5.41, 5.74) is 0.230. The van der Waals surface area contributed by atoms with Gasteiger partial charge in [0.15, 0.2) is 5.69 Å². The molecule has 1 aromatic rings. The van der Waals surface area contributed by atoms with E-state index in [0.29, 0.717) is 0 Å². The molecular weight excluding hydrogens is 192 g/mol. The Labute approximate surface area is 78.7 Å². The molecule has 0 aliphatic heterocycles. The van der Waals surface area contributed by atoms with E-state index in [-0.39, 0.29) is 18.1 Å². The second kappa shape index (κ2) is 4.51. The summed E-state index contributed by atoms with van der Waals surface area (Å²) in [7, 11) is 1.50. The number of rotatable bonds is 3. The fourth-order valence-corrected chi connectivity index (χ4v) is 1.02. The average Bonchev–Trinajstić information content (AvgIpc) is 2.66. The van der Waals surface area contributed by atoms with Crippen LogP contribution in [0, 0.1) is 0 Å². The van der Waals surface area contributed by atoms with E-state index in [1.807, 2.05) is 0 Å². The van der Waals surface area contributed by atoms with Gasteiger partial charge < -0.3 is 10.6 Å². The smallest absolute Gasteiger partial charge is 0.273 e. The summed E-state index contributed by atoms with van der Waals surface area (Å²) in [4.78, 5) is 21.9. The van der Waals surface area contributed by atoms with Crippen molar-refractivity contribution in [2.45, 2.75) is 0 Å². The number of likely N-dealkylation sites (N-methyl/N-ethyl adjacent to an activating group) is 1. The van der Waals surface area contributed by atoms with Gasteiger partial charge in [-0.15, -0.1) is 0 Å². The van der Waals surface area contributed by atoms with Crippen LogP contribution in [0.2, 0.25) is 0 Å². The molecule has 0 aliphatic carbocycles. The van der Waals surface area contributed by atoms with Crippen LogP contribution in [0.5, 0.6) is 0 Å². The number of nitrogens with zero attached hydrogens (tertiary/aromatic N) is 2. The van der Waals surface area contributed by atoms with Crippen molar-refractivity contribution in [3.63, 3.8) is 0 Å². The number of aromatic nitrogens is 2. The third kappa shape index (κ3) is 2.79. The number of hydrogen-bond donors (Lipinski definition) is 2. The van der Waals surface area contributed by atoms with Crippen molar-refractivity contribution in [3.05, 3.63) is 11.9 Å². The Morgan fingerprint density at radius 2 is 2.38 bits per heavy atom. The van der Waals surface area contributed by atoms with Crippen molar-refractivity contribution < 1.29 is 9.59 Å². The van der Waals surface area contributed by atoms with Gasteiger partial charge in [0.25, 0.3) is 5.91 Å². The van der Waals surface area contributed by atoms with Gasteiger partial charge >= 0.3 is 0 Å². The van der Waals surface area contributed by atoms with Crippen molar-refractivity contribution in [2.75, 3.05) is 13.6 Å². The molecular formula is C6H8N4O2S. The zero-order valence-corrected chi connectivity index (χ0v) is 7.72. The number of amides is 2. The molecule has 0 bridgehead atoms. The summed E-state index contributed by atoms with van der Waals surface area (Å²) in [5, 5.41) is 4.77. The quantitative estimate of drug-likeness (QED) is 0.656. The first-order chi connectivity index (χ1) is 6.24. The molecule has 0 fully saturated rings. The fourth-order valence-electron chi connectivity index (χ4n) is 0.604. The Morgan fingerprint density at radius 1 is 1.62 bits per heavy atom. The highest BCUT2D eigenvalue weighted by atomic mass is 32.1. The highest BCUT2D eigenvalue weighted by Gasteiger charge is 2.08. The predicted octanol–water partition coefficient (Wildman–Crippen LogP) is -0.986. The zero-order chi connectivity index (χ0) is 9.68. The van der Waals surface area contributed by atoms with Crippen LogP contribution in [-0.4, -0.2) is 34.2 Å². The van der Waals surface area contributed by atoms with Gasteiger partial charge in [-0.3, -0.25) is 9.59 Å². The molecule has 1 rings (SSSR count). The van der Waals surface area contributed by atoms with Crippen LogP contribution < -0.4 is 10.6 Å². The van der Waals surface area contributed by atoms with Crippen LogP contribution >= 0.6 is 11.7 Å². The lowest BCUT2D eigenvalue weighted by molar-refractivity contribution is -0.119. The maximum absolute atomic E-state index is 11.1. The zero-order valence-electron chi connectivity index (χ0n) is 6.90. The van der Waals surface area contributed by atoms with Crippen LogP contribution in [0.3, 0.4) is 0 Å². The van der Waals surface area contributed by atoms with Crippen LogP contribution in [0.1, 0.15) is 10.5 Å². The molecule has 0 saturated heterocycles. The summed E-state index contributed by atoms with van der Waals surface area (Å²) in [6.45, 7) is -0.0488. The van der Waals surface area contributed by atoms with Crippen molar-refractivity contribution >= 4 is 23.5 Å². The summed E-state index contributed by atoms with van der Waals surface area (Å²) in [5.74, 6) is -0.645. The lowest BCUT2D eigenvalue weighted by Crippen LogP contribution is -2.35. The van der Waals surface area contributed by atoms with Gasteiger partial charge in [0.2, 0.25) is 5.91 Å². The second-order valence-corrected chi connectivity index (χ2v) is 2.71. The van der Waals surface area contributed by atoms with E-state index in [9.17, 15) is 9.59 Å². The number of carbonyl (C=O) groups excluding carboxylic acids is 2. The van der Waals surface area contributed by atoms with E-state index in [2.05, 4.69) is 19.4 Å². The van der Waals surface area contributed by atoms with E-state index < -0.39 is 5.91 Å². The lowest BCUT2D eigenvalue weighted by Gasteiger charge is -2.00. The molecule has 13 heavy (non-hydrogen) atoms. The van der Waals surface area contributed by atoms with Crippen LogP contribution in [0.25, 0.3) is 0 Å². The Balaban J connectivity index is 2.39. The summed E-state index contributed by atoms with van der Waals surface area (Å²) < 4.78 is 7.37. The molecule has 0 saturated carbocycles. The Bertz CT molecular complexity index is 298. The largest absolute Gasteiger partial charge is 0.358 e. The fraction of sp³-hybridized carbons (Fsp3) is 0.333. The lowest BCUT2D eigenvalue weighted by atomic mass is 10.4. The minimum absolute atomic E-state index is 0.0488. The highest BCUT2D eigenvalue weighted by molar-refractivity contribution is 6.99. The van der Waals surface area contributed by atoms with Crippen LogP contribution in [0.4, 0.5) is 0 Å². The van der Waals surface area contributed by atoms with E-state index in [4.69, 9.17) is 0 Å². The van der Waals surface area contributed by atoms with Gasteiger partial charge in [0, 0.05) is 7.05 Å². The van der Waals surface area contributed by atoms with Gasteiger partial charge in [-0.2, -0.15) is 8.75 Å². The SMILES string of the molecule is CNC(=O)CNC(=O)c1cnsn1. The molecule has 0 spiro atoms. The number of hydrogen-bond acceptors (Lipinski definition) is 5. The molecule has 0 aromatic carbocycles. The van der Waals surface area contributed by atoms with E-state index in [1.165, 1.54) is 13.2 Å². The first kappa shape index (κ1) is 9.59. The normalized spacial score (nSPS) is 9.31. The summed E-state index contributed by atoms with van der Waals surface area (Å²) >= 11 is 0.947. The van der Waals surface area contributed by atoms with Gasteiger partial charge in [-0.05, 0) is 0 Å². The van der Waals surface area contributed by atoms with Gasteiger partial charge in [0.1, 0.15) is 0 Å². The first-order valence-corrected chi connectivity index (χ1v) is 4.23. The van der Waals surface area contributed by atoms with Gasteiger partial charge in [-0.1, -0.05) is 0 Å². The highest BCUT2D eigenvalue weighted by Crippen LogP contribution is 1.93. The topological polar surface area (TPSA) is 84.0 Å². The Hall–Kier alpha value is -1.50. The molecule has 70 valence electrons. The summed E-state index contributed by atoms with van der Waals surface area (Å²) in [6.07, 6.45) is 1.35. The second-order valence-electron chi connectivity index (χ2n) is 2.15. The molecule has 1 heterocycles. The Morgan fingerprint density at radius 3 is 2.92 bits per heavy atom. The van der Waals surface area contributed by atoms with E-state index in [1.54, 1.807) is 0 Å². The third-order valence-electron chi connectivity index (χ3n) is 1.28. The minimum Gasteiger partial charge on any atom is -0.358 e. The van der Waals surface area contributed by atoms with Gasteiger partial charge in [0.05, 0.1) is 24.5 Å². The molecule has 2 N–H and O–H groups in total. The van der Waals surface area contributed by atoms with Crippen molar-refractivity contribution in [2.24, 2.45) is 0 Å². The molecule has 1 aromatic heterocycles. The molecule has 0 unspecified atom stereocenters. The molecule has 2 amide bonds. The van der Waals surface area contributed by atoms with Crippen LogP contribution in [-0.2, 0) is 4.79 Å². The molecule has 7 heteroatoms. The predicted molar refractivity (Wildman–Crippen MR) is 46.3 cm³/mol. The first-order valence-electron chi connectivity index (χ1n) is 3.50.